The number of rotatable bonds is 7. The van der Waals surface area contributed by atoms with E-state index in [1.807, 2.05) is 11.3 Å². The van der Waals surface area contributed by atoms with Crippen molar-refractivity contribution in [3.05, 3.63) is 29.3 Å². The highest BCUT2D eigenvalue weighted by atomic mass is 32.1. The molecule has 2 nitrogen and oxygen atoms in total. The van der Waals surface area contributed by atoms with E-state index in [9.17, 15) is 0 Å². The van der Waals surface area contributed by atoms with E-state index in [0.29, 0.717) is 12.0 Å². The lowest BCUT2D eigenvalue weighted by molar-refractivity contribution is 0.418. The first-order valence-corrected chi connectivity index (χ1v) is 8.08. The number of thiazole rings is 1. The molecule has 0 aliphatic heterocycles. The van der Waals surface area contributed by atoms with Crippen molar-refractivity contribution in [2.24, 2.45) is 5.92 Å². The van der Waals surface area contributed by atoms with Crippen molar-refractivity contribution >= 4 is 21.6 Å². The molecule has 0 bridgehead atoms. The molecule has 1 aromatic carbocycles. The molecule has 0 saturated heterocycles. The topological polar surface area (TPSA) is 24.9 Å². The Morgan fingerprint density at radius 3 is 2.74 bits per heavy atom. The maximum atomic E-state index is 4.75. The lowest BCUT2D eigenvalue weighted by atomic mass is 10.00. The Kier molecular flexibility index (Phi) is 5.34. The summed E-state index contributed by atoms with van der Waals surface area (Å²) in [7, 11) is 0. The predicted molar refractivity (Wildman–Crippen MR) is 84.9 cm³/mol. The largest absolute Gasteiger partial charge is 0.314 e. The zero-order valence-electron chi connectivity index (χ0n) is 12.1. The van der Waals surface area contributed by atoms with Crippen LogP contribution in [0.2, 0.25) is 0 Å². The van der Waals surface area contributed by atoms with E-state index in [1.165, 1.54) is 22.5 Å². The van der Waals surface area contributed by atoms with E-state index >= 15 is 0 Å². The molecule has 1 unspecified atom stereocenters. The van der Waals surface area contributed by atoms with Crippen LogP contribution < -0.4 is 5.32 Å². The van der Waals surface area contributed by atoms with Crippen LogP contribution in [-0.2, 0) is 6.42 Å². The van der Waals surface area contributed by atoms with Crippen molar-refractivity contribution in [3.8, 4) is 0 Å². The SMILES string of the molecule is CCCC(CNC(C)C)Cc1nc2ccccc2s1. The maximum Gasteiger partial charge on any atom is 0.0941 e. The molecule has 0 fully saturated rings. The molecule has 0 aliphatic carbocycles. The molecule has 1 N–H and O–H groups in total. The van der Waals surface area contributed by atoms with Crippen molar-refractivity contribution in [2.75, 3.05) is 6.54 Å². The normalized spacial score (nSPS) is 13.3. The van der Waals surface area contributed by atoms with Crippen LogP contribution in [0.3, 0.4) is 0 Å². The number of nitrogens with one attached hydrogen (secondary N) is 1. The van der Waals surface area contributed by atoms with E-state index in [1.54, 1.807) is 0 Å². The quantitative estimate of drug-likeness (QED) is 0.817. The third kappa shape index (κ3) is 4.29. The molecule has 104 valence electrons. The number of hydrogen-bond donors (Lipinski definition) is 1. The molecule has 3 heteroatoms. The highest BCUT2D eigenvalue weighted by Gasteiger charge is 2.12. The summed E-state index contributed by atoms with van der Waals surface area (Å²) in [6, 6.07) is 8.99. The first kappa shape index (κ1) is 14.5. The Bertz CT molecular complexity index is 471. The lowest BCUT2D eigenvalue weighted by Gasteiger charge is -2.17. The fraction of sp³-hybridized carbons (Fsp3) is 0.562. The Labute approximate surface area is 120 Å². The molecule has 19 heavy (non-hydrogen) atoms. The van der Waals surface area contributed by atoms with Crippen LogP contribution in [0.25, 0.3) is 10.2 Å². The molecular formula is C16H24N2S. The van der Waals surface area contributed by atoms with Gasteiger partial charge in [-0.3, -0.25) is 0 Å². The minimum atomic E-state index is 0.565. The molecule has 2 aromatic rings. The Hall–Kier alpha value is -0.930. The molecule has 0 radical (unpaired) electrons. The van der Waals surface area contributed by atoms with Gasteiger partial charge in [-0.05, 0) is 31.0 Å². The van der Waals surface area contributed by atoms with Gasteiger partial charge in [0.15, 0.2) is 0 Å². The van der Waals surface area contributed by atoms with Crippen LogP contribution in [0.5, 0.6) is 0 Å². The summed E-state index contributed by atoms with van der Waals surface area (Å²) < 4.78 is 1.31. The molecular weight excluding hydrogens is 252 g/mol. The number of fused-ring (bicyclic) bond motifs is 1. The van der Waals surface area contributed by atoms with Crippen LogP contribution in [0, 0.1) is 5.92 Å². The Morgan fingerprint density at radius 1 is 1.26 bits per heavy atom. The maximum absolute atomic E-state index is 4.75. The lowest BCUT2D eigenvalue weighted by Crippen LogP contribution is -2.29. The fourth-order valence-electron chi connectivity index (χ4n) is 2.34. The summed E-state index contributed by atoms with van der Waals surface area (Å²) in [6.45, 7) is 7.78. The van der Waals surface area contributed by atoms with Gasteiger partial charge >= 0.3 is 0 Å². The smallest absolute Gasteiger partial charge is 0.0941 e. The van der Waals surface area contributed by atoms with E-state index in [-0.39, 0.29) is 0 Å². The number of aromatic nitrogens is 1. The number of para-hydroxylation sites is 1. The molecule has 0 spiro atoms. The Balaban J connectivity index is 2.02. The highest BCUT2D eigenvalue weighted by Crippen LogP contribution is 2.24. The first-order chi connectivity index (χ1) is 9.19. The molecule has 1 atom stereocenters. The monoisotopic (exact) mass is 276 g/mol. The second-order valence-electron chi connectivity index (χ2n) is 5.50. The number of nitrogens with zero attached hydrogens (tertiary/aromatic N) is 1. The number of hydrogen-bond acceptors (Lipinski definition) is 3. The van der Waals surface area contributed by atoms with Crippen LogP contribution in [0.15, 0.2) is 24.3 Å². The van der Waals surface area contributed by atoms with Gasteiger partial charge in [-0.1, -0.05) is 39.3 Å². The Morgan fingerprint density at radius 2 is 2.05 bits per heavy atom. The van der Waals surface area contributed by atoms with Gasteiger partial charge in [-0.25, -0.2) is 4.98 Å². The summed E-state index contributed by atoms with van der Waals surface area (Å²) in [4.78, 5) is 4.75. The van der Waals surface area contributed by atoms with Gasteiger partial charge in [0.2, 0.25) is 0 Å². The highest BCUT2D eigenvalue weighted by molar-refractivity contribution is 7.18. The average Bonchev–Trinajstić information content (AvgIpc) is 2.78. The van der Waals surface area contributed by atoms with Crippen LogP contribution in [0.4, 0.5) is 0 Å². The van der Waals surface area contributed by atoms with Gasteiger partial charge in [-0.15, -0.1) is 11.3 Å². The van der Waals surface area contributed by atoms with Crippen molar-refractivity contribution in [3.63, 3.8) is 0 Å². The summed E-state index contributed by atoms with van der Waals surface area (Å²) in [6.07, 6.45) is 3.62. The number of benzene rings is 1. The summed E-state index contributed by atoms with van der Waals surface area (Å²) in [5.74, 6) is 0.702. The second kappa shape index (κ2) is 7.01. The van der Waals surface area contributed by atoms with Gasteiger partial charge < -0.3 is 5.32 Å². The molecule has 0 aliphatic rings. The van der Waals surface area contributed by atoms with E-state index in [4.69, 9.17) is 4.98 Å². The zero-order valence-corrected chi connectivity index (χ0v) is 13.0. The third-order valence-corrected chi connectivity index (χ3v) is 4.37. The minimum Gasteiger partial charge on any atom is -0.314 e. The molecule has 0 amide bonds. The first-order valence-electron chi connectivity index (χ1n) is 7.27. The fourth-order valence-corrected chi connectivity index (χ4v) is 3.42. The van der Waals surface area contributed by atoms with Crippen molar-refractivity contribution in [2.45, 2.75) is 46.1 Å². The summed E-state index contributed by atoms with van der Waals surface area (Å²) >= 11 is 1.85. The average molecular weight is 276 g/mol. The van der Waals surface area contributed by atoms with Crippen LogP contribution in [0.1, 0.15) is 38.6 Å². The zero-order chi connectivity index (χ0) is 13.7. The van der Waals surface area contributed by atoms with Crippen LogP contribution in [-0.4, -0.2) is 17.6 Å². The predicted octanol–water partition coefficient (Wildman–Crippen LogP) is 4.25. The molecule has 0 saturated carbocycles. The van der Waals surface area contributed by atoms with Gasteiger partial charge in [0.05, 0.1) is 15.2 Å². The molecule has 1 aromatic heterocycles. The van der Waals surface area contributed by atoms with Gasteiger partial charge in [-0.2, -0.15) is 0 Å². The third-order valence-electron chi connectivity index (χ3n) is 3.31. The van der Waals surface area contributed by atoms with Crippen molar-refractivity contribution in [1.29, 1.82) is 0 Å². The van der Waals surface area contributed by atoms with Gasteiger partial charge in [0, 0.05) is 12.5 Å². The van der Waals surface area contributed by atoms with Crippen molar-refractivity contribution in [1.82, 2.24) is 10.3 Å². The second-order valence-corrected chi connectivity index (χ2v) is 6.61. The molecule has 2 rings (SSSR count). The standard InChI is InChI=1S/C16H24N2S/c1-4-7-13(11-17-12(2)3)10-16-18-14-8-5-6-9-15(14)19-16/h5-6,8-9,12-13,17H,4,7,10-11H2,1-3H3. The summed E-state index contributed by atoms with van der Waals surface area (Å²) in [5.41, 5.74) is 1.15. The minimum absolute atomic E-state index is 0.565. The summed E-state index contributed by atoms with van der Waals surface area (Å²) in [5, 5.41) is 4.84. The molecule has 1 heterocycles. The van der Waals surface area contributed by atoms with E-state index in [0.717, 1.165) is 18.5 Å². The van der Waals surface area contributed by atoms with E-state index < -0.39 is 0 Å². The van der Waals surface area contributed by atoms with Crippen LogP contribution >= 0.6 is 11.3 Å². The van der Waals surface area contributed by atoms with Gasteiger partial charge in [0.25, 0.3) is 0 Å². The van der Waals surface area contributed by atoms with Crippen molar-refractivity contribution < 1.29 is 0 Å². The van der Waals surface area contributed by atoms with E-state index in [2.05, 4.69) is 50.4 Å². The van der Waals surface area contributed by atoms with Gasteiger partial charge in [0.1, 0.15) is 0 Å².